The molecule has 1 unspecified atom stereocenters. The second-order valence-electron chi connectivity index (χ2n) is 6.24. The minimum absolute atomic E-state index is 0. The van der Waals surface area contributed by atoms with Gasteiger partial charge in [-0.25, -0.2) is 4.98 Å². The van der Waals surface area contributed by atoms with Gasteiger partial charge in [0.1, 0.15) is 10.7 Å². The summed E-state index contributed by atoms with van der Waals surface area (Å²) in [4.78, 5) is 19.2. The Hall–Kier alpha value is -1.43. The topological polar surface area (TPSA) is 45.2 Å². The highest BCUT2D eigenvalue weighted by Crippen LogP contribution is 2.28. The van der Waals surface area contributed by atoms with Crippen LogP contribution < -0.4 is 5.32 Å². The largest absolute Gasteiger partial charge is 0.336 e. The van der Waals surface area contributed by atoms with Crippen LogP contribution in [-0.4, -0.2) is 42.0 Å². The number of aryl methyl sites for hydroxylation is 2. The quantitative estimate of drug-likeness (QED) is 0.902. The highest BCUT2D eigenvalue weighted by molar-refractivity contribution is 7.13. The summed E-state index contributed by atoms with van der Waals surface area (Å²) >= 11 is 1.55. The number of hydrogen-bond acceptors (Lipinski definition) is 4. The number of benzene rings is 1. The monoisotopic (exact) mass is 365 g/mol. The summed E-state index contributed by atoms with van der Waals surface area (Å²) in [6, 6.07) is 6.73. The van der Waals surface area contributed by atoms with E-state index in [0.29, 0.717) is 11.7 Å². The molecular weight excluding hydrogens is 342 g/mol. The fourth-order valence-corrected chi connectivity index (χ4v) is 3.99. The molecule has 1 aliphatic heterocycles. The minimum Gasteiger partial charge on any atom is -0.336 e. The maximum Gasteiger partial charge on any atom is 0.273 e. The van der Waals surface area contributed by atoms with E-state index in [-0.39, 0.29) is 18.3 Å². The van der Waals surface area contributed by atoms with Crippen LogP contribution in [0.15, 0.2) is 23.6 Å². The van der Waals surface area contributed by atoms with E-state index in [9.17, 15) is 4.79 Å². The van der Waals surface area contributed by atoms with Crippen LogP contribution in [0.5, 0.6) is 0 Å². The number of thiazole rings is 1. The summed E-state index contributed by atoms with van der Waals surface area (Å²) in [6.07, 6.45) is 2.18. The van der Waals surface area contributed by atoms with Gasteiger partial charge in [0.05, 0.1) is 0 Å². The zero-order valence-electron chi connectivity index (χ0n) is 14.3. The third-order valence-electron chi connectivity index (χ3n) is 4.45. The fourth-order valence-electron chi connectivity index (χ4n) is 3.11. The molecule has 130 valence electrons. The van der Waals surface area contributed by atoms with Crippen molar-refractivity contribution in [1.82, 2.24) is 15.2 Å². The van der Waals surface area contributed by atoms with E-state index in [1.54, 1.807) is 11.3 Å². The van der Waals surface area contributed by atoms with Crippen LogP contribution >= 0.6 is 23.7 Å². The van der Waals surface area contributed by atoms with E-state index in [4.69, 9.17) is 0 Å². The molecule has 0 aliphatic carbocycles. The van der Waals surface area contributed by atoms with Crippen LogP contribution in [-0.2, 0) is 0 Å². The van der Waals surface area contributed by atoms with Crippen LogP contribution in [0.1, 0.15) is 34.5 Å². The van der Waals surface area contributed by atoms with Crippen LogP contribution in [0.3, 0.4) is 0 Å². The molecular formula is C18H24ClN3OS. The molecule has 6 heteroatoms. The maximum absolute atomic E-state index is 12.7. The van der Waals surface area contributed by atoms with Gasteiger partial charge in [-0.05, 0) is 39.3 Å². The van der Waals surface area contributed by atoms with Crippen LogP contribution in [0.2, 0.25) is 0 Å². The van der Waals surface area contributed by atoms with Crippen LogP contribution in [0, 0.1) is 13.8 Å². The number of hydrogen-bond donors (Lipinski definition) is 1. The van der Waals surface area contributed by atoms with Crippen molar-refractivity contribution in [2.45, 2.75) is 32.7 Å². The molecule has 4 nitrogen and oxygen atoms in total. The second kappa shape index (κ2) is 8.10. The lowest BCUT2D eigenvalue weighted by molar-refractivity contribution is 0.0693. The molecule has 2 heterocycles. The average Bonchev–Trinajstić information content (AvgIpc) is 3.04. The molecule has 2 aromatic rings. The molecule has 3 rings (SSSR count). The molecule has 1 fully saturated rings. The lowest BCUT2D eigenvalue weighted by Crippen LogP contribution is -2.47. The predicted molar refractivity (Wildman–Crippen MR) is 102 cm³/mol. The van der Waals surface area contributed by atoms with E-state index in [1.807, 2.05) is 17.3 Å². The Balaban J connectivity index is 0.00000208. The molecule has 0 saturated carbocycles. The van der Waals surface area contributed by atoms with E-state index in [1.165, 1.54) is 11.1 Å². The van der Waals surface area contributed by atoms with E-state index in [2.05, 4.69) is 42.3 Å². The van der Waals surface area contributed by atoms with Gasteiger partial charge >= 0.3 is 0 Å². The van der Waals surface area contributed by atoms with Crippen molar-refractivity contribution in [3.63, 3.8) is 0 Å². The smallest absolute Gasteiger partial charge is 0.273 e. The number of likely N-dealkylation sites (tertiary alicyclic amines) is 1. The second-order valence-corrected chi connectivity index (χ2v) is 7.09. The minimum atomic E-state index is 0. The third-order valence-corrected chi connectivity index (χ3v) is 5.33. The van der Waals surface area contributed by atoms with Crippen LogP contribution in [0.4, 0.5) is 0 Å². The molecule has 24 heavy (non-hydrogen) atoms. The Kier molecular flexibility index (Phi) is 6.38. The van der Waals surface area contributed by atoms with Gasteiger partial charge in [-0.3, -0.25) is 4.79 Å². The third kappa shape index (κ3) is 3.97. The summed E-state index contributed by atoms with van der Waals surface area (Å²) in [6.45, 7) is 5.77. The lowest BCUT2D eigenvalue weighted by atomic mass is 10.1. The zero-order chi connectivity index (χ0) is 16.4. The fraction of sp³-hybridized carbons (Fsp3) is 0.444. The van der Waals surface area contributed by atoms with Crippen molar-refractivity contribution >= 4 is 29.7 Å². The number of nitrogens with one attached hydrogen (secondary N) is 1. The van der Waals surface area contributed by atoms with Gasteiger partial charge in [-0.2, -0.15) is 0 Å². The summed E-state index contributed by atoms with van der Waals surface area (Å²) in [5, 5.41) is 6.09. The molecule has 1 N–H and O–H groups in total. The Morgan fingerprint density at radius 1 is 1.38 bits per heavy atom. The van der Waals surface area contributed by atoms with Crippen molar-refractivity contribution in [2.24, 2.45) is 0 Å². The normalized spacial score (nSPS) is 17.5. The zero-order valence-corrected chi connectivity index (χ0v) is 16.0. The Morgan fingerprint density at radius 3 is 2.88 bits per heavy atom. The van der Waals surface area contributed by atoms with Gasteiger partial charge < -0.3 is 10.2 Å². The average molecular weight is 366 g/mol. The number of carbonyl (C=O) groups is 1. The van der Waals surface area contributed by atoms with Gasteiger partial charge in [0.15, 0.2) is 0 Å². The molecule has 0 bridgehead atoms. The van der Waals surface area contributed by atoms with E-state index < -0.39 is 0 Å². The number of likely N-dealkylation sites (N-methyl/N-ethyl adjacent to an activating group) is 1. The Morgan fingerprint density at radius 2 is 2.17 bits per heavy atom. The first kappa shape index (κ1) is 18.9. The number of amides is 1. The number of halogens is 1. The van der Waals surface area contributed by atoms with Crippen molar-refractivity contribution in [3.05, 3.63) is 40.4 Å². The molecule has 1 amide bonds. The number of piperidine rings is 1. The summed E-state index contributed by atoms with van der Waals surface area (Å²) in [5.74, 6) is 0.0530. The standard InChI is InChI=1S/C18H23N3OS.ClH/c1-12-6-7-15(13(2)9-12)17-20-16(11-23-17)18(22)21-8-4-5-14(10-21)19-3;/h6-7,9,11,14,19H,4-5,8,10H2,1-3H3;1H. The van der Waals surface area contributed by atoms with Gasteiger partial charge in [0, 0.05) is 30.1 Å². The molecule has 1 atom stereocenters. The summed E-state index contributed by atoms with van der Waals surface area (Å²) < 4.78 is 0. The van der Waals surface area contributed by atoms with Crippen molar-refractivity contribution in [3.8, 4) is 10.6 Å². The van der Waals surface area contributed by atoms with Gasteiger partial charge in [0.25, 0.3) is 5.91 Å². The number of rotatable bonds is 3. The van der Waals surface area contributed by atoms with Crippen molar-refractivity contribution in [2.75, 3.05) is 20.1 Å². The van der Waals surface area contributed by atoms with Crippen molar-refractivity contribution in [1.29, 1.82) is 0 Å². The van der Waals surface area contributed by atoms with Gasteiger partial charge in [-0.1, -0.05) is 23.8 Å². The maximum atomic E-state index is 12.7. The van der Waals surface area contributed by atoms with Gasteiger partial charge in [0.2, 0.25) is 0 Å². The first-order chi connectivity index (χ1) is 11.1. The molecule has 1 aromatic carbocycles. The molecule has 0 spiro atoms. The molecule has 0 radical (unpaired) electrons. The van der Waals surface area contributed by atoms with E-state index >= 15 is 0 Å². The number of aromatic nitrogens is 1. The predicted octanol–water partition coefficient (Wildman–Crippen LogP) is 3.67. The highest BCUT2D eigenvalue weighted by atomic mass is 35.5. The molecule has 1 saturated heterocycles. The van der Waals surface area contributed by atoms with Crippen molar-refractivity contribution < 1.29 is 4.79 Å². The SMILES string of the molecule is CNC1CCCN(C(=O)c2csc(-c3ccc(C)cc3C)n2)C1.Cl. The first-order valence-corrected chi connectivity index (χ1v) is 8.96. The molecule has 1 aromatic heterocycles. The number of carbonyl (C=O) groups excluding carboxylic acids is 1. The highest BCUT2D eigenvalue weighted by Gasteiger charge is 2.25. The van der Waals surface area contributed by atoms with Gasteiger partial charge in [-0.15, -0.1) is 23.7 Å². The van der Waals surface area contributed by atoms with Crippen LogP contribution in [0.25, 0.3) is 10.6 Å². The first-order valence-electron chi connectivity index (χ1n) is 8.08. The summed E-state index contributed by atoms with van der Waals surface area (Å²) in [5.41, 5.74) is 4.13. The Labute approximate surface area is 153 Å². The molecule has 1 aliphatic rings. The lowest BCUT2D eigenvalue weighted by Gasteiger charge is -2.32. The van der Waals surface area contributed by atoms with E-state index in [0.717, 1.165) is 36.5 Å². The Bertz CT molecular complexity index is 716. The number of nitrogens with zero attached hydrogens (tertiary/aromatic N) is 2. The summed E-state index contributed by atoms with van der Waals surface area (Å²) in [7, 11) is 1.96.